The van der Waals surface area contributed by atoms with Crippen LogP contribution >= 0.6 is 0 Å². The van der Waals surface area contributed by atoms with E-state index >= 15 is 0 Å². The van der Waals surface area contributed by atoms with E-state index in [-0.39, 0.29) is 19.0 Å². The van der Waals surface area contributed by atoms with Crippen LogP contribution < -0.4 is 27.8 Å². The van der Waals surface area contributed by atoms with Crippen LogP contribution in [0.3, 0.4) is 0 Å². The van der Waals surface area contributed by atoms with Crippen LogP contribution in [-0.4, -0.2) is 31.3 Å². The highest BCUT2D eigenvalue weighted by atomic mass is 35.5. The lowest BCUT2D eigenvalue weighted by molar-refractivity contribution is -0.00000590. The molecule has 0 radical (unpaired) electrons. The number of ether oxygens (including phenoxy) is 1. The van der Waals surface area contributed by atoms with E-state index in [2.05, 4.69) is 28.8 Å². The summed E-state index contributed by atoms with van der Waals surface area (Å²) in [5, 5.41) is 15.2. The molecule has 0 saturated carbocycles. The second-order valence-corrected chi connectivity index (χ2v) is 5.03. The van der Waals surface area contributed by atoms with Gasteiger partial charge in [0, 0.05) is 31.7 Å². The quantitative estimate of drug-likeness (QED) is 0.485. The lowest BCUT2D eigenvalue weighted by Gasteiger charge is -2.12. The Balaban J connectivity index is 0.00000264. The lowest BCUT2D eigenvalue weighted by Crippen LogP contribution is -3.00. The summed E-state index contributed by atoms with van der Waals surface area (Å²) in [4.78, 5) is 0. The Labute approximate surface area is 144 Å². The molecule has 0 spiro atoms. The number of para-hydroxylation sites is 1. The average Bonchev–Trinajstić information content (AvgIpc) is 2.58. The van der Waals surface area contributed by atoms with E-state index in [4.69, 9.17) is 9.84 Å². The number of nitrogens with one attached hydrogen (secondary N) is 2. The van der Waals surface area contributed by atoms with E-state index < -0.39 is 0 Å². The van der Waals surface area contributed by atoms with Gasteiger partial charge < -0.3 is 32.9 Å². The zero-order chi connectivity index (χ0) is 15.5. The predicted octanol–water partition coefficient (Wildman–Crippen LogP) is -1.06. The van der Waals surface area contributed by atoms with Crippen LogP contribution in [0.4, 0.5) is 0 Å². The normalized spacial score (nSPS) is 10.1. The molecule has 2 rings (SSSR count). The van der Waals surface area contributed by atoms with Gasteiger partial charge in [0.25, 0.3) is 0 Å². The highest BCUT2D eigenvalue weighted by molar-refractivity contribution is 5.33. The lowest BCUT2D eigenvalue weighted by atomic mass is 10.2. The number of rotatable bonds is 10. The number of hydrogen-bond acceptors (Lipinski definition) is 4. The molecule has 2 aromatic rings. The van der Waals surface area contributed by atoms with Gasteiger partial charge in [-0.15, -0.1) is 0 Å². The van der Waals surface area contributed by atoms with Gasteiger partial charge in [0.2, 0.25) is 0 Å². The summed E-state index contributed by atoms with van der Waals surface area (Å²) in [5.41, 5.74) is 2.32. The maximum atomic E-state index is 8.69. The third-order valence-corrected chi connectivity index (χ3v) is 3.29. The number of benzene rings is 2. The van der Waals surface area contributed by atoms with E-state index in [1.807, 2.05) is 36.4 Å². The van der Waals surface area contributed by atoms with Crippen molar-refractivity contribution in [3.8, 4) is 5.75 Å². The Hall–Kier alpha value is -1.59. The van der Waals surface area contributed by atoms with Crippen molar-refractivity contribution in [2.45, 2.75) is 13.2 Å². The highest BCUT2D eigenvalue weighted by Gasteiger charge is 2.03. The van der Waals surface area contributed by atoms with E-state index in [1.54, 1.807) is 0 Å². The molecular formula is C18H24ClN2O2-. The summed E-state index contributed by atoms with van der Waals surface area (Å²) in [6.07, 6.45) is 0. The summed E-state index contributed by atoms with van der Waals surface area (Å²) in [6, 6.07) is 18.3. The van der Waals surface area contributed by atoms with Crippen LogP contribution in [0.5, 0.6) is 5.75 Å². The Morgan fingerprint density at radius 1 is 0.826 bits per heavy atom. The van der Waals surface area contributed by atoms with E-state index in [1.165, 1.54) is 5.56 Å². The van der Waals surface area contributed by atoms with Crippen molar-refractivity contribution in [1.82, 2.24) is 10.6 Å². The zero-order valence-corrected chi connectivity index (χ0v) is 13.9. The van der Waals surface area contributed by atoms with Gasteiger partial charge in [0.1, 0.15) is 12.4 Å². The fourth-order valence-electron chi connectivity index (χ4n) is 2.13. The maximum absolute atomic E-state index is 8.69. The van der Waals surface area contributed by atoms with Crippen molar-refractivity contribution in [1.29, 1.82) is 0 Å². The van der Waals surface area contributed by atoms with Gasteiger partial charge in [-0.25, -0.2) is 0 Å². The van der Waals surface area contributed by atoms with Crippen molar-refractivity contribution >= 4 is 0 Å². The first kappa shape index (κ1) is 19.5. The fourth-order valence-corrected chi connectivity index (χ4v) is 2.13. The Kier molecular flexibility index (Phi) is 10.1. The van der Waals surface area contributed by atoms with Crippen molar-refractivity contribution in [2.24, 2.45) is 0 Å². The summed E-state index contributed by atoms with van der Waals surface area (Å²) >= 11 is 0. The predicted molar refractivity (Wildman–Crippen MR) is 88.9 cm³/mol. The first-order valence-corrected chi connectivity index (χ1v) is 7.67. The summed E-state index contributed by atoms with van der Waals surface area (Å²) in [7, 11) is 0. The third-order valence-electron chi connectivity index (χ3n) is 3.29. The molecular weight excluding hydrogens is 312 g/mol. The number of aliphatic hydroxyl groups is 1. The molecule has 0 aliphatic heterocycles. The SMILES string of the molecule is OCCNCCNCc1ccccc1OCc1ccccc1.[Cl-]. The first-order valence-electron chi connectivity index (χ1n) is 7.67. The summed E-state index contributed by atoms with van der Waals surface area (Å²) in [6.45, 7) is 3.86. The maximum Gasteiger partial charge on any atom is 0.124 e. The molecule has 0 heterocycles. The molecule has 0 saturated heterocycles. The minimum Gasteiger partial charge on any atom is -1.00 e. The summed E-state index contributed by atoms with van der Waals surface area (Å²) < 4.78 is 5.93. The van der Waals surface area contributed by atoms with Crippen molar-refractivity contribution in [3.63, 3.8) is 0 Å². The van der Waals surface area contributed by atoms with Gasteiger partial charge in [0.15, 0.2) is 0 Å². The molecule has 4 nitrogen and oxygen atoms in total. The van der Waals surface area contributed by atoms with Gasteiger partial charge in [-0.05, 0) is 11.6 Å². The summed E-state index contributed by atoms with van der Waals surface area (Å²) in [5.74, 6) is 0.919. The largest absolute Gasteiger partial charge is 1.00 e. The molecule has 0 aromatic heterocycles. The minimum absolute atomic E-state index is 0. The van der Waals surface area contributed by atoms with Crippen molar-refractivity contribution in [3.05, 3.63) is 65.7 Å². The molecule has 0 fully saturated rings. The van der Waals surface area contributed by atoms with E-state index in [0.29, 0.717) is 13.2 Å². The van der Waals surface area contributed by atoms with Crippen molar-refractivity contribution < 1.29 is 22.3 Å². The van der Waals surface area contributed by atoms with Crippen LogP contribution in [0.2, 0.25) is 0 Å². The molecule has 0 unspecified atom stereocenters. The van der Waals surface area contributed by atoms with Gasteiger partial charge in [-0.3, -0.25) is 0 Å². The van der Waals surface area contributed by atoms with Gasteiger partial charge in [-0.2, -0.15) is 0 Å². The third kappa shape index (κ3) is 7.48. The molecule has 5 heteroatoms. The molecule has 3 N–H and O–H groups in total. The van der Waals surface area contributed by atoms with Crippen LogP contribution in [0, 0.1) is 0 Å². The Bertz CT molecular complexity index is 538. The van der Waals surface area contributed by atoms with Gasteiger partial charge >= 0.3 is 0 Å². The molecule has 0 bridgehead atoms. The van der Waals surface area contributed by atoms with Gasteiger partial charge in [-0.1, -0.05) is 48.5 Å². The molecule has 126 valence electrons. The van der Waals surface area contributed by atoms with Gasteiger partial charge in [0.05, 0.1) is 6.61 Å². The van der Waals surface area contributed by atoms with E-state index in [0.717, 1.165) is 30.9 Å². The van der Waals surface area contributed by atoms with Crippen LogP contribution in [-0.2, 0) is 13.2 Å². The second kappa shape index (κ2) is 11.9. The van der Waals surface area contributed by atoms with Crippen molar-refractivity contribution in [2.75, 3.05) is 26.2 Å². The molecule has 0 amide bonds. The first-order chi connectivity index (χ1) is 10.9. The van der Waals surface area contributed by atoms with Crippen LogP contribution in [0.1, 0.15) is 11.1 Å². The highest BCUT2D eigenvalue weighted by Crippen LogP contribution is 2.19. The Morgan fingerprint density at radius 3 is 2.30 bits per heavy atom. The average molecular weight is 336 g/mol. The zero-order valence-electron chi connectivity index (χ0n) is 13.2. The van der Waals surface area contributed by atoms with Crippen LogP contribution in [0.25, 0.3) is 0 Å². The Morgan fingerprint density at radius 2 is 1.52 bits per heavy atom. The molecule has 0 aliphatic rings. The molecule has 0 atom stereocenters. The smallest absolute Gasteiger partial charge is 0.124 e. The van der Waals surface area contributed by atoms with Crippen LogP contribution in [0.15, 0.2) is 54.6 Å². The standard InChI is InChI=1S/C18H24N2O2.ClH/c21-13-12-19-10-11-20-14-17-8-4-5-9-18(17)22-15-16-6-2-1-3-7-16;/h1-9,19-21H,10-15H2;1H/p-1. The minimum atomic E-state index is 0. The number of aliphatic hydroxyl groups excluding tert-OH is 1. The van der Waals surface area contributed by atoms with E-state index in [9.17, 15) is 0 Å². The molecule has 2 aromatic carbocycles. The number of halogens is 1. The molecule has 23 heavy (non-hydrogen) atoms. The second-order valence-electron chi connectivity index (χ2n) is 5.03. The topological polar surface area (TPSA) is 53.5 Å². The monoisotopic (exact) mass is 335 g/mol. The fraction of sp³-hybridized carbons (Fsp3) is 0.333. The molecule has 0 aliphatic carbocycles. The number of hydrogen-bond donors (Lipinski definition) is 3.